The molecule has 0 atom stereocenters. The predicted molar refractivity (Wildman–Crippen MR) is 92.3 cm³/mol. The molecule has 130 valence electrons. The highest BCUT2D eigenvalue weighted by molar-refractivity contribution is 5.98. The van der Waals surface area contributed by atoms with Gasteiger partial charge in [0.25, 0.3) is 5.91 Å². The van der Waals surface area contributed by atoms with Crippen LogP contribution in [0.5, 0.6) is 11.5 Å². The lowest BCUT2D eigenvalue weighted by Crippen LogP contribution is -2.49. The topological polar surface area (TPSA) is 67.8 Å². The molecular formula is C18H20N4O3. The highest BCUT2D eigenvalue weighted by Crippen LogP contribution is 2.34. The smallest absolute Gasteiger partial charge is 0.257 e. The number of aryl methyl sites for hydroxylation is 1. The second-order valence-electron chi connectivity index (χ2n) is 6.07. The number of ether oxygens (including phenoxy) is 2. The van der Waals surface area contributed by atoms with E-state index in [1.54, 1.807) is 12.3 Å². The van der Waals surface area contributed by atoms with Crippen molar-refractivity contribution in [3.05, 3.63) is 41.9 Å². The highest BCUT2D eigenvalue weighted by Gasteiger charge is 2.27. The van der Waals surface area contributed by atoms with Crippen LogP contribution in [0.25, 0.3) is 0 Å². The largest absolute Gasteiger partial charge is 0.486 e. The summed E-state index contributed by atoms with van der Waals surface area (Å²) in [6.45, 7) is 5.64. The fraction of sp³-hybridized carbons (Fsp3) is 0.389. The molecule has 1 fully saturated rings. The van der Waals surface area contributed by atoms with Gasteiger partial charge in [-0.05, 0) is 25.1 Å². The van der Waals surface area contributed by atoms with Gasteiger partial charge in [0.2, 0.25) is 0 Å². The number of rotatable bonds is 2. The molecular weight excluding hydrogens is 320 g/mol. The van der Waals surface area contributed by atoms with Crippen LogP contribution in [0.3, 0.4) is 0 Å². The van der Waals surface area contributed by atoms with Crippen molar-refractivity contribution in [1.82, 2.24) is 14.9 Å². The summed E-state index contributed by atoms with van der Waals surface area (Å²) in [6, 6.07) is 7.38. The Kier molecular flexibility index (Phi) is 4.13. The molecule has 2 aliphatic heterocycles. The van der Waals surface area contributed by atoms with Crippen LogP contribution in [-0.4, -0.2) is 60.2 Å². The van der Waals surface area contributed by atoms with E-state index in [1.165, 1.54) is 0 Å². The molecule has 0 saturated carbocycles. The Morgan fingerprint density at radius 3 is 2.68 bits per heavy atom. The fourth-order valence-electron chi connectivity index (χ4n) is 3.17. The Hall–Kier alpha value is -2.83. The molecule has 7 heteroatoms. The number of carbonyl (C=O) groups excluding carboxylic acids is 1. The normalized spacial score (nSPS) is 16.7. The van der Waals surface area contributed by atoms with Crippen molar-refractivity contribution in [3.8, 4) is 11.5 Å². The number of fused-ring (bicyclic) bond motifs is 1. The van der Waals surface area contributed by atoms with Crippen LogP contribution in [0.2, 0.25) is 0 Å². The van der Waals surface area contributed by atoms with Crippen LogP contribution in [0.1, 0.15) is 16.2 Å². The minimum atomic E-state index is -0.0131. The van der Waals surface area contributed by atoms with Gasteiger partial charge < -0.3 is 19.3 Å². The average molecular weight is 340 g/mol. The van der Waals surface area contributed by atoms with E-state index < -0.39 is 0 Å². The van der Waals surface area contributed by atoms with Crippen LogP contribution in [0.4, 0.5) is 5.82 Å². The Morgan fingerprint density at radius 2 is 1.88 bits per heavy atom. The number of hydrogen-bond acceptors (Lipinski definition) is 6. The molecule has 0 bridgehead atoms. The second-order valence-corrected chi connectivity index (χ2v) is 6.07. The number of benzene rings is 1. The third-order valence-corrected chi connectivity index (χ3v) is 4.45. The molecule has 7 nitrogen and oxygen atoms in total. The van der Waals surface area contributed by atoms with Crippen molar-refractivity contribution >= 4 is 11.7 Å². The van der Waals surface area contributed by atoms with E-state index >= 15 is 0 Å². The van der Waals surface area contributed by atoms with Crippen LogP contribution < -0.4 is 14.4 Å². The number of amides is 1. The zero-order valence-electron chi connectivity index (χ0n) is 14.1. The summed E-state index contributed by atoms with van der Waals surface area (Å²) in [5, 5.41) is 0. The van der Waals surface area contributed by atoms with Gasteiger partial charge in [0.05, 0.1) is 5.56 Å². The summed E-state index contributed by atoms with van der Waals surface area (Å²) in [7, 11) is 0. The van der Waals surface area contributed by atoms with Crippen molar-refractivity contribution < 1.29 is 14.3 Å². The summed E-state index contributed by atoms with van der Waals surface area (Å²) in [5.41, 5.74) is 0.573. The molecule has 4 rings (SSSR count). The number of anilines is 1. The van der Waals surface area contributed by atoms with Gasteiger partial charge in [0, 0.05) is 32.4 Å². The summed E-state index contributed by atoms with van der Waals surface area (Å²) in [5.74, 6) is 2.86. The van der Waals surface area contributed by atoms with Gasteiger partial charge in [-0.25, -0.2) is 9.97 Å². The lowest BCUT2D eigenvalue weighted by atomic mass is 10.1. The molecule has 1 saturated heterocycles. The van der Waals surface area contributed by atoms with E-state index in [-0.39, 0.29) is 5.91 Å². The quantitative estimate of drug-likeness (QED) is 0.826. The van der Waals surface area contributed by atoms with Gasteiger partial charge in [-0.15, -0.1) is 0 Å². The standard InChI is InChI=1S/C18H20N4O3/c1-13-19-6-5-16(20-13)21-7-9-22(10-8-21)18(23)14-3-2-4-15-17(14)25-12-11-24-15/h2-6H,7-12H2,1H3. The molecule has 1 amide bonds. The zero-order chi connectivity index (χ0) is 17.2. The third-order valence-electron chi connectivity index (χ3n) is 4.45. The molecule has 3 heterocycles. The maximum absolute atomic E-state index is 12.9. The highest BCUT2D eigenvalue weighted by atomic mass is 16.6. The lowest BCUT2D eigenvalue weighted by molar-refractivity contribution is 0.0736. The minimum Gasteiger partial charge on any atom is -0.486 e. The van der Waals surface area contributed by atoms with Crippen LogP contribution in [0, 0.1) is 6.92 Å². The van der Waals surface area contributed by atoms with E-state index in [4.69, 9.17) is 9.47 Å². The van der Waals surface area contributed by atoms with Crippen LogP contribution in [0.15, 0.2) is 30.5 Å². The van der Waals surface area contributed by atoms with E-state index in [0.717, 1.165) is 24.7 Å². The first kappa shape index (κ1) is 15.7. The van der Waals surface area contributed by atoms with Gasteiger partial charge in [-0.2, -0.15) is 0 Å². The maximum atomic E-state index is 12.9. The predicted octanol–water partition coefficient (Wildman–Crippen LogP) is 1.52. The Morgan fingerprint density at radius 1 is 1.08 bits per heavy atom. The molecule has 0 radical (unpaired) electrons. The van der Waals surface area contributed by atoms with E-state index in [0.29, 0.717) is 43.4 Å². The van der Waals surface area contributed by atoms with Crippen molar-refractivity contribution in [3.63, 3.8) is 0 Å². The third kappa shape index (κ3) is 3.09. The Labute approximate surface area is 146 Å². The van der Waals surface area contributed by atoms with Gasteiger partial charge in [-0.1, -0.05) is 6.07 Å². The number of nitrogens with zero attached hydrogens (tertiary/aromatic N) is 4. The zero-order valence-corrected chi connectivity index (χ0v) is 14.1. The van der Waals surface area contributed by atoms with Crippen LogP contribution in [-0.2, 0) is 0 Å². The summed E-state index contributed by atoms with van der Waals surface area (Å²) >= 11 is 0. The lowest BCUT2D eigenvalue weighted by Gasteiger charge is -2.35. The van der Waals surface area contributed by atoms with E-state index in [1.807, 2.05) is 30.0 Å². The van der Waals surface area contributed by atoms with Gasteiger partial charge in [-0.3, -0.25) is 4.79 Å². The molecule has 0 spiro atoms. The molecule has 25 heavy (non-hydrogen) atoms. The number of carbonyl (C=O) groups is 1. The monoisotopic (exact) mass is 340 g/mol. The SMILES string of the molecule is Cc1nccc(N2CCN(C(=O)c3cccc4c3OCCO4)CC2)n1. The second kappa shape index (κ2) is 6.58. The maximum Gasteiger partial charge on any atom is 0.257 e. The molecule has 0 unspecified atom stereocenters. The van der Waals surface area contributed by atoms with Crippen molar-refractivity contribution in [2.45, 2.75) is 6.92 Å². The fourth-order valence-corrected chi connectivity index (χ4v) is 3.17. The average Bonchev–Trinajstić information content (AvgIpc) is 2.67. The van der Waals surface area contributed by atoms with Crippen molar-refractivity contribution in [2.24, 2.45) is 0 Å². The van der Waals surface area contributed by atoms with Gasteiger partial charge in [0.15, 0.2) is 11.5 Å². The Balaban J connectivity index is 1.47. The Bertz CT molecular complexity index is 788. The number of piperazine rings is 1. The molecule has 0 N–H and O–H groups in total. The molecule has 2 aromatic rings. The number of aromatic nitrogens is 2. The molecule has 2 aliphatic rings. The van der Waals surface area contributed by atoms with Crippen molar-refractivity contribution in [1.29, 1.82) is 0 Å². The van der Waals surface area contributed by atoms with Gasteiger partial charge >= 0.3 is 0 Å². The van der Waals surface area contributed by atoms with Crippen LogP contribution >= 0.6 is 0 Å². The van der Waals surface area contributed by atoms with Gasteiger partial charge in [0.1, 0.15) is 24.9 Å². The number of hydrogen-bond donors (Lipinski definition) is 0. The molecule has 1 aromatic carbocycles. The summed E-state index contributed by atoms with van der Waals surface area (Å²) < 4.78 is 11.2. The molecule has 0 aliphatic carbocycles. The van der Waals surface area contributed by atoms with E-state index in [2.05, 4.69) is 14.9 Å². The first-order valence-electron chi connectivity index (χ1n) is 8.45. The molecule has 1 aromatic heterocycles. The summed E-state index contributed by atoms with van der Waals surface area (Å²) in [4.78, 5) is 25.5. The first-order chi connectivity index (χ1) is 12.2. The minimum absolute atomic E-state index is 0.0131. The van der Waals surface area contributed by atoms with Crippen molar-refractivity contribution in [2.75, 3.05) is 44.3 Å². The van der Waals surface area contributed by atoms with E-state index in [9.17, 15) is 4.79 Å². The first-order valence-corrected chi connectivity index (χ1v) is 8.45. The number of para-hydroxylation sites is 1. The summed E-state index contributed by atoms with van der Waals surface area (Å²) in [6.07, 6.45) is 1.77.